The topological polar surface area (TPSA) is 69.8 Å². The SMILES string of the molecule is COc1ccc(CNC(=O)/C=C/c2cccs2)cc1.O. The van der Waals surface area contributed by atoms with Crippen LogP contribution < -0.4 is 10.1 Å². The van der Waals surface area contributed by atoms with Crippen LogP contribution >= 0.6 is 11.3 Å². The second-order valence-electron chi connectivity index (χ2n) is 3.91. The summed E-state index contributed by atoms with van der Waals surface area (Å²) in [6.45, 7) is 0.512. The number of carbonyl (C=O) groups is 1. The fourth-order valence-electron chi connectivity index (χ4n) is 1.54. The van der Waals surface area contributed by atoms with Crippen LogP contribution in [0, 0.1) is 0 Å². The minimum atomic E-state index is -0.0933. The van der Waals surface area contributed by atoms with Gasteiger partial charge in [-0.1, -0.05) is 18.2 Å². The van der Waals surface area contributed by atoms with Crippen molar-refractivity contribution in [2.45, 2.75) is 6.54 Å². The molecule has 3 N–H and O–H groups in total. The molecule has 0 saturated carbocycles. The number of hydrogen-bond donors (Lipinski definition) is 1. The Morgan fingerprint density at radius 1 is 1.30 bits per heavy atom. The van der Waals surface area contributed by atoms with E-state index < -0.39 is 0 Å². The number of carbonyl (C=O) groups excluding carboxylic acids is 1. The molecule has 0 bridgehead atoms. The Labute approximate surface area is 122 Å². The first-order valence-corrected chi connectivity index (χ1v) is 6.78. The molecule has 0 aliphatic heterocycles. The molecule has 0 aliphatic rings. The van der Waals surface area contributed by atoms with Gasteiger partial charge in [-0.15, -0.1) is 11.3 Å². The molecule has 0 aliphatic carbocycles. The highest BCUT2D eigenvalue weighted by atomic mass is 32.1. The van der Waals surface area contributed by atoms with E-state index in [1.165, 1.54) is 0 Å². The lowest BCUT2D eigenvalue weighted by Crippen LogP contribution is -2.20. The molecule has 1 heterocycles. The molecule has 0 unspecified atom stereocenters. The van der Waals surface area contributed by atoms with Crippen molar-refractivity contribution in [2.24, 2.45) is 0 Å². The van der Waals surface area contributed by atoms with Crippen molar-refractivity contribution in [1.29, 1.82) is 0 Å². The van der Waals surface area contributed by atoms with Crippen molar-refractivity contribution in [3.05, 3.63) is 58.3 Å². The maximum atomic E-state index is 11.6. The molecule has 2 rings (SSSR count). The van der Waals surface area contributed by atoms with Gasteiger partial charge < -0.3 is 15.5 Å². The third-order valence-corrected chi connectivity index (χ3v) is 3.41. The fraction of sp³-hybridized carbons (Fsp3) is 0.133. The van der Waals surface area contributed by atoms with Gasteiger partial charge >= 0.3 is 0 Å². The van der Waals surface area contributed by atoms with Crippen molar-refractivity contribution in [3.8, 4) is 5.75 Å². The van der Waals surface area contributed by atoms with Gasteiger partial charge in [-0.2, -0.15) is 0 Å². The Bertz CT molecular complexity index is 547. The first kappa shape index (κ1) is 15.9. The summed E-state index contributed by atoms with van der Waals surface area (Å²) in [6, 6.07) is 11.5. The molecule has 5 heteroatoms. The minimum absolute atomic E-state index is 0. The molecule has 1 amide bonds. The lowest BCUT2D eigenvalue weighted by atomic mass is 10.2. The highest BCUT2D eigenvalue weighted by Crippen LogP contribution is 2.11. The quantitative estimate of drug-likeness (QED) is 0.858. The Morgan fingerprint density at radius 3 is 2.65 bits per heavy atom. The van der Waals surface area contributed by atoms with Gasteiger partial charge in [-0.3, -0.25) is 4.79 Å². The lowest BCUT2D eigenvalue weighted by Gasteiger charge is -2.04. The number of hydrogen-bond acceptors (Lipinski definition) is 3. The molecule has 4 nitrogen and oxygen atoms in total. The van der Waals surface area contributed by atoms with E-state index >= 15 is 0 Å². The van der Waals surface area contributed by atoms with Crippen LogP contribution in [-0.2, 0) is 11.3 Å². The standard InChI is InChI=1S/C15H15NO2S.H2O/c1-18-13-6-4-12(5-7-13)11-16-15(17)9-8-14-3-2-10-19-14;/h2-10H,11H2,1H3,(H,16,17);1H2/b9-8+;. The highest BCUT2D eigenvalue weighted by molar-refractivity contribution is 7.10. The van der Waals surface area contributed by atoms with Gasteiger partial charge in [-0.05, 0) is 35.2 Å². The van der Waals surface area contributed by atoms with Crippen molar-refractivity contribution in [2.75, 3.05) is 7.11 Å². The zero-order chi connectivity index (χ0) is 13.5. The predicted molar refractivity (Wildman–Crippen MR) is 81.8 cm³/mol. The second kappa shape index (κ2) is 8.14. The van der Waals surface area contributed by atoms with E-state index in [0.29, 0.717) is 6.54 Å². The van der Waals surface area contributed by atoms with Crippen LogP contribution in [-0.4, -0.2) is 18.5 Å². The van der Waals surface area contributed by atoms with Crippen molar-refractivity contribution < 1.29 is 15.0 Å². The Morgan fingerprint density at radius 2 is 2.05 bits per heavy atom. The third kappa shape index (κ3) is 4.87. The number of amides is 1. The molecule has 2 aromatic rings. The van der Waals surface area contributed by atoms with Gasteiger partial charge in [0.25, 0.3) is 0 Å². The van der Waals surface area contributed by atoms with E-state index in [1.54, 1.807) is 24.5 Å². The van der Waals surface area contributed by atoms with Crippen LogP contribution in [0.2, 0.25) is 0 Å². The summed E-state index contributed by atoms with van der Waals surface area (Å²) in [5, 5.41) is 4.82. The Balaban J connectivity index is 0.00000200. The van der Waals surface area contributed by atoms with Crippen LogP contribution in [0.4, 0.5) is 0 Å². The minimum Gasteiger partial charge on any atom is -0.497 e. The zero-order valence-corrected chi connectivity index (χ0v) is 11.9. The highest BCUT2D eigenvalue weighted by Gasteiger charge is 1.98. The maximum Gasteiger partial charge on any atom is 0.244 e. The van der Waals surface area contributed by atoms with Crippen molar-refractivity contribution >= 4 is 23.3 Å². The summed E-state index contributed by atoms with van der Waals surface area (Å²) >= 11 is 1.60. The van der Waals surface area contributed by atoms with Crippen molar-refractivity contribution in [1.82, 2.24) is 5.32 Å². The van der Waals surface area contributed by atoms with Crippen molar-refractivity contribution in [3.63, 3.8) is 0 Å². The molecule has 20 heavy (non-hydrogen) atoms. The average Bonchev–Trinajstić information content (AvgIpc) is 2.96. The molecule has 0 atom stereocenters. The zero-order valence-electron chi connectivity index (χ0n) is 11.1. The molecule has 0 spiro atoms. The summed E-state index contributed by atoms with van der Waals surface area (Å²) < 4.78 is 5.08. The summed E-state index contributed by atoms with van der Waals surface area (Å²) in [5.74, 6) is 0.719. The molecule has 0 saturated heterocycles. The van der Waals surface area contributed by atoms with Gasteiger partial charge in [0.1, 0.15) is 5.75 Å². The van der Waals surface area contributed by atoms with Gasteiger partial charge in [0.15, 0.2) is 0 Å². The van der Waals surface area contributed by atoms with E-state index in [-0.39, 0.29) is 11.4 Å². The molecule has 0 fully saturated rings. The molecular formula is C15H17NO3S. The number of benzene rings is 1. The van der Waals surface area contributed by atoms with E-state index in [0.717, 1.165) is 16.2 Å². The van der Waals surface area contributed by atoms with Gasteiger partial charge in [0, 0.05) is 17.5 Å². The van der Waals surface area contributed by atoms with Gasteiger partial charge in [0.05, 0.1) is 7.11 Å². The largest absolute Gasteiger partial charge is 0.497 e. The maximum absolute atomic E-state index is 11.6. The average molecular weight is 291 g/mol. The number of thiophene rings is 1. The second-order valence-corrected chi connectivity index (χ2v) is 4.89. The van der Waals surface area contributed by atoms with E-state index in [4.69, 9.17) is 4.74 Å². The van der Waals surface area contributed by atoms with Crippen LogP contribution in [0.3, 0.4) is 0 Å². The normalized spacial score (nSPS) is 10.1. The van der Waals surface area contributed by atoms with E-state index in [9.17, 15) is 4.79 Å². The van der Waals surface area contributed by atoms with E-state index in [1.807, 2.05) is 47.9 Å². The van der Waals surface area contributed by atoms with Gasteiger partial charge in [0.2, 0.25) is 5.91 Å². The number of nitrogens with one attached hydrogen (secondary N) is 1. The van der Waals surface area contributed by atoms with Gasteiger partial charge in [-0.25, -0.2) is 0 Å². The summed E-state index contributed by atoms with van der Waals surface area (Å²) in [6.07, 6.45) is 3.36. The molecule has 1 aromatic heterocycles. The van der Waals surface area contributed by atoms with E-state index in [2.05, 4.69) is 5.32 Å². The number of rotatable bonds is 5. The summed E-state index contributed by atoms with van der Waals surface area (Å²) in [7, 11) is 1.63. The van der Waals surface area contributed by atoms with Crippen LogP contribution in [0.25, 0.3) is 6.08 Å². The fourth-order valence-corrected chi connectivity index (χ4v) is 2.15. The molecular weight excluding hydrogens is 274 g/mol. The number of ether oxygens (including phenoxy) is 1. The summed E-state index contributed by atoms with van der Waals surface area (Å²) in [4.78, 5) is 12.7. The monoisotopic (exact) mass is 291 g/mol. The lowest BCUT2D eigenvalue weighted by molar-refractivity contribution is -0.116. The summed E-state index contributed by atoms with van der Waals surface area (Å²) in [5.41, 5.74) is 1.04. The van der Waals surface area contributed by atoms with Crippen LogP contribution in [0.1, 0.15) is 10.4 Å². The molecule has 0 radical (unpaired) electrons. The third-order valence-electron chi connectivity index (χ3n) is 2.57. The molecule has 106 valence electrons. The Kier molecular flexibility index (Phi) is 6.49. The predicted octanol–water partition coefficient (Wildman–Crippen LogP) is 2.26. The first-order valence-electron chi connectivity index (χ1n) is 5.90. The van der Waals surface area contributed by atoms with Crippen LogP contribution in [0.15, 0.2) is 47.9 Å². The molecule has 1 aromatic carbocycles. The Hall–Kier alpha value is -2.11. The first-order chi connectivity index (χ1) is 9.28. The smallest absolute Gasteiger partial charge is 0.244 e. The number of methoxy groups -OCH3 is 1. The van der Waals surface area contributed by atoms with Crippen LogP contribution in [0.5, 0.6) is 5.75 Å².